The number of amides is 1. The van der Waals surface area contributed by atoms with Crippen LogP contribution in [0.15, 0.2) is 22.5 Å². The Labute approximate surface area is 162 Å². The van der Waals surface area contributed by atoms with Gasteiger partial charge < -0.3 is 5.32 Å². The summed E-state index contributed by atoms with van der Waals surface area (Å²) in [5.74, 6) is -0.205. The van der Waals surface area contributed by atoms with Gasteiger partial charge in [-0.3, -0.25) is 9.10 Å². The van der Waals surface area contributed by atoms with Crippen molar-refractivity contribution in [1.82, 2.24) is 10.2 Å². The van der Waals surface area contributed by atoms with E-state index in [0.29, 0.717) is 17.2 Å². The van der Waals surface area contributed by atoms with Gasteiger partial charge in [-0.15, -0.1) is 10.2 Å². The Hall–Kier alpha value is -1.65. The molecule has 2 rings (SSSR count). The van der Waals surface area contributed by atoms with Crippen LogP contribution in [-0.4, -0.2) is 43.6 Å². The highest BCUT2D eigenvalue weighted by molar-refractivity contribution is 8.00. The third-order valence-electron chi connectivity index (χ3n) is 3.63. The minimum absolute atomic E-state index is 0.199. The predicted octanol–water partition coefficient (Wildman–Crippen LogP) is 3.06. The highest BCUT2D eigenvalue weighted by Gasteiger charge is 2.19. The van der Waals surface area contributed by atoms with Crippen LogP contribution in [0, 0.1) is 13.8 Å². The van der Waals surface area contributed by atoms with Crippen molar-refractivity contribution in [2.45, 2.75) is 31.0 Å². The second-order valence-corrected chi connectivity index (χ2v) is 9.79. The molecule has 0 radical (unpaired) electrons. The van der Waals surface area contributed by atoms with Crippen LogP contribution in [-0.2, 0) is 14.8 Å². The van der Waals surface area contributed by atoms with E-state index in [1.807, 2.05) is 38.3 Å². The number of aryl methyl sites for hydroxylation is 2. The maximum atomic E-state index is 12.2. The van der Waals surface area contributed by atoms with Gasteiger partial charge in [0.1, 0.15) is 0 Å². The molecule has 0 atom stereocenters. The van der Waals surface area contributed by atoms with Gasteiger partial charge in [0, 0.05) is 13.0 Å². The van der Waals surface area contributed by atoms with Crippen LogP contribution in [0.5, 0.6) is 0 Å². The van der Waals surface area contributed by atoms with Gasteiger partial charge in [0.25, 0.3) is 0 Å². The lowest BCUT2D eigenvalue weighted by Gasteiger charge is -2.24. The largest absolute Gasteiger partial charge is 0.301 e. The first-order valence-electron chi connectivity index (χ1n) is 7.93. The molecule has 1 N–H and O–H groups in total. The molecular formula is C16H22N4O3S3. The number of sulfonamides is 1. The summed E-state index contributed by atoms with van der Waals surface area (Å²) in [4.78, 5) is 12.1. The average molecular weight is 415 g/mol. The standard InChI is InChI=1S/C16H22N4O3S3/c1-11-7-8-12(2)13(10-11)20(26(4,22)23)9-5-6-14(21)17-15-18-19-16(24-3)25-15/h7-8,10H,5-6,9H2,1-4H3,(H,17,18,21). The van der Waals surface area contributed by atoms with E-state index in [4.69, 9.17) is 0 Å². The number of benzene rings is 1. The van der Waals surface area contributed by atoms with Gasteiger partial charge in [0.2, 0.25) is 21.1 Å². The van der Waals surface area contributed by atoms with Crippen LogP contribution in [0.2, 0.25) is 0 Å². The van der Waals surface area contributed by atoms with Crippen molar-refractivity contribution in [3.8, 4) is 0 Å². The number of nitrogens with one attached hydrogen (secondary N) is 1. The zero-order valence-electron chi connectivity index (χ0n) is 15.1. The molecule has 142 valence electrons. The Balaban J connectivity index is 1.99. The monoisotopic (exact) mass is 414 g/mol. The van der Waals surface area contributed by atoms with Crippen LogP contribution in [0.3, 0.4) is 0 Å². The number of hydrogen-bond acceptors (Lipinski definition) is 7. The maximum Gasteiger partial charge on any atom is 0.232 e. The molecule has 7 nitrogen and oxygen atoms in total. The van der Waals surface area contributed by atoms with Gasteiger partial charge in [-0.1, -0.05) is 35.2 Å². The van der Waals surface area contributed by atoms with Gasteiger partial charge in [-0.05, 0) is 43.7 Å². The van der Waals surface area contributed by atoms with E-state index < -0.39 is 10.0 Å². The molecule has 0 saturated heterocycles. The summed E-state index contributed by atoms with van der Waals surface area (Å²) in [6.07, 6.45) is 3.67. The van der Waals surface area contributed by atoms with Gasteiger partial charge >= 0.3 is 0 Å². The lowest BCUT2D eigenvalue weighted by molar-refractivity contribution is -0.116. The summed E-state index contributed by atoms with van der Waals surface area (Å²) in [5, 5.41) is 10.9. The normalized spacial score (nSPS) is 11.4. The average Bonchev–Trinajstić information content (AvgIpc) is 3.00. The number of carbonyl (C=O) groups excluding carboxylic acids is 1. The van der Waals surface area contributed by atoms with Crippen LogP contribution in [0.25, 0.3) is 0 Å². The molecule has 1 aromatic heterocycles. The number of nitrogens with zero attached hydrogens (tertiary/aromatic N) is 3. The summed E-state index contributed by atoms with van der Waals surface area (Å²) in [6, 6.07) is 5.69. The first-order valence-corrected chi connectivity index (χ1v) is 11.8. The Morgan fingerprint density at radius 2 is 2.04 bits per heavy atom. The Morgan fingerprint density at radius 3 is 2.65 bits per heavy atom. The van der Waals surface area contributed by atoms with Gasteiger partial charge in [-0.2, -0.15) is 0 Å². The molecule has 0 aliphatic rings. The minimum Gasteiger partial charge on any atom is -0.301 e. The van der Waals surface area contributed by atoms with Gasteiger partial charge in [0.15, 0.2) is 4.34 Å². The van der Waals surface area contributed by atoms with Gasteiger partial charge in [0.05, 0.1) is 11.9 Å². The first kappa shape index (κ1) is 20.7. The van der Waals surface area contributed by atoms with Crippen molar-refractivity contribution in [1.29, 1.82) is 0 Å². The number of aromatic nitrogens is 2. The topological polar surface area (TPSA) is 92.3 Å². The molecule has 10 heteroatoms. The third-order valence-corrected chi connectivity index (χ3v) is 6.62. The highest BCUT2D eigenvalue weighted by Crippen LogP contribution is 2.25. The van der Waals surface area contributed by atoms with Crippen LogP contribution in [0.1, 0.15) is 24.0 Å². The molecule has 2 aromatic rings. The smallest absolute Gasteiger partial charge is 0.232 e. The van der Waals surface area contributed by atoms with E-state index in [1.54, 1.807) is 0 Å². The number of rotatable bonds is 8. The molecule has 0 bridgehead atoms. The summed E-state index contributed by atoms with van der Waals surface area (Å²) < 4.78 is 26.5. The number of anilines is 2. The van der Waals surface area contributed by atoms with E-state index in [9.17, 15) is 13.2 Å². The molecule has 0 unspecified atom stereocenters. The molecule has 1 aromatic carbocycles. The fraction of sp³-hybridized carbons (Fsp3) is 0.438. The fourth-order valence-electron chi connectivity index (χ4n) is 2.36. The van der Waals surface area contributed by atoms with E-state index in [-0.39, 0.29) is 18.9 Å². The lowest BCUT2D eigenvalue weighted by Crippen LogP contribution is -2.32. The van der Waals surface area contributed by atoms with Gasteiger partial charge in [-0.25, -0.2) is 8.42 Å². The van der Waals surface area contributed by atoms with E-state index in [2.05, 4.69) is 15.5 Å². The van der Waals surface area contributed by atoms with E-state index in [1.165, 1.54) is 33.7 Å². The van der Waals surface area contributed by atoms with Crippen LogP contribution >= 0.6 is 23.1 Å². The summed E-state index contributed by atoms with van der Waals surface area (Å²) in [5.41, 5.74) is 2.52. The molecule has 0 fully saturated rings. The molecular weight excluding hydrogens is 392 g/mol. The molecule has 1 amide bonds. The predicted molar refractivity (Wildman–Crippen MR) is 108 cm³/mol. The molecule has 0 aliphatic carbocycles. The van der Waals surface area contributed by atoms with Crippen molar-refractivity contribution in [2.75, 3.05) is 28.7 Å². The number of carbonyl (C=O) groups is 1. The van der Waals surface area contributed by atoms with Crippen molar-refractivity contribution < 1.29 is 13.2 Å². The quantitative estimate of drug-likeness (QED) is 0.527. The highest BCUT2D eigenvalue weighted by atomic mass is 32.2. The Bertz CT molecular complexity index is 881. The molecule has 0 aliphatic heterocycles. The summed E-state index contributed by atoms with van der Waals surface area (Å²) in [7, 11) is -3.44. The summed E-state index contributed by atoms with van der Waals surface area (Å²) in [6.45, 7) is 4.03. The van der Waals surface area contributed by atoms with Crippen LogP contribution < -0.4 is 9.62 Å². The minimum atomic E-state index is -3.44. The SMILES string of the molecule is CSc1nnc(NC(=O)CCCN(c2cc(C)ccc2C)S(C)(=O)=O)s1. The first-order chi connectivity index (χ1) is 12.2. The summed E-state index contributed by atoms with van der Waals surface area (Å²) >= 11 is 2.77. The number of hydrogen-bond donors (Lipinski definition) is 1. The zero-order valence-corrected chi connectivity index (χ0v) is 17.6. The molecule has 1 heterocycles. The molecule has 0 saturated carbocycles. The van der Waals surface area contributed by atoms with Crippen molar-refractivity contribution in [3.63, 3.8) is 0 Å². The maximum absolute atomic E-state index is 12.2. The fourth-order valence-corrected chi connectivity index (χ4v) is 4.56. The Morgan fingerprint density at radius 1 is 1.31 bits per heavy atom. The Kier molecular flexibility index (Phi) is 7.01. The van der Waals surface area contributed by atoms with E-state index >= 15 is 0 Å². The van der Waals surface area contributed by atoms with E-state index in [0.717, 1.165) is 15.5 Å². The van der Waals surface area contributed by atoms with Crippen LogP contribution in [0.4, 0.5) is 10.8 Å². The second-order valence-electron chi connectivity index (χ2n) is 5.85. The molecule has 26 heavy (non-hydrogen) atoms. The zero-order chi connectivity index (χ0) is 19.3. The third kappa shape index (κ3) is 5.68. The van der Waals surface area contributed by atoms with Crippen molar-refractivity contribution >= 4 is 49.8 Å². The second kappa shape index (κ2) is 8.83. The lowest BCUT2D eigenvalue weighted by atomic mass is 10.1. The van der Waals surface area contributed by atoms with Crippen molar-refractivity contribution in [3.05, 3.63) is 29.3 Å². The molecule has 0 spiro atoms. The van der Waals surface area contributed by atoms with Crippen molar-refractivity contribution in [2.24, 2.45) is 0 Å². The number of thioether (sulfide) groups is 1.